The van der Waals surface area contributed by atoms with Gasteiger partial charge in [0.05, 0.1) is 24.0 Å². The van der Waals surface area contributed by atoms with E-state index in [1.165, 1.54) is 11.4 Å². The molecule has 0 bridgehead atoms. The molecule has 2 aliphatic carbocycles. The van der Waals surface area contributed by atoms with Gasteiger partial charge in [0.2, 0.25) is 0 Å². The van der Waals surface area contributed by atoms with Crippen LogP contribution in [-0.4, -0.2) is 37.7 Å². The summed E-state index contributed by atoms with van der Waals surface area (Å²) in [6, 6.07) is 32.8. The van der Waals surface area contributed by atoms with Crippen LogP contribution in [0.25, 0.3) is 0 Å². The van der Waals surface area contributed by atoms with Crippen molar-refractivity contribution in [2.24, 2.45) is 11.8 Å². The minimum atomic E-state index is -0.437. The highest BCUT2D eigenvalue weighted by atomic mass is 16.5. The monoisotopic (exact) mass is 600 g/mol. The molecule has 5 heteroatoms. The Kier molecular flexibility index (Phi) is 9.18. The molecule has 2 aliphatic rings. The van der Waals surface area contributed by atoms with E-state index in [4.69, 9.17) is 4.74 Å². The average Bonchev–Trinajstić information content (AvgIpc) is 3.49. The zero-order chi connectivity index (χ0) is 31.5. The van der Waals surface area contributed by atoms with E-state index in [2.05, 4.69) is 86.0 Å². The quantitative estimate of drug-likeness (QED) is 0.164. The summed E-state index contributed by atoms with van der Waals surface area (Å²) >= 11 is 0. The smallest absolute Gasteiger partial charge is 0.169 e. The Balaban J connectivity index is 1.30. The highest BCUT2D eigenvalue weighted by Gasteiger charge is 2.46. The van der Waals surface area contributed by atoms with Crippen LogP contribution in [0.5, 0.6) is 0 Å². The van der Waals surface area contributed by atoms with E-state index >= 15 is 0 Å². The standard InChI is InChI=1S/C40H44N2O3/c1-5-41(6-2)29-21-17-27(18-22-29)25-35-37(43)31-13-9-11-15-33(31)39(35)45-40-34-16-12-10-14-32(34)38(44)36(40)26-28-19-23-30(24-20-28)42(7-3)8-4/h9-24,35-36,39-40H,5-8,25-26H2,1-4H3. The lowest BCUT2D eigenvalue weighted by atomic mass is 9.91. The minimum Gasteiger partial charge on any atom is -0.372 e. The summed E-state index contributed by atoms with van der Waals surface area (Å²) in [6.07, 6.45) is 0.285. The molecule has 0 fully saturated rings. The van der Waals surface area contributed by atoms with Crippen LogP contribution in [0.15, 0.2) is 97.1 Å². The number of nitrogens with zero attached hydrogens (tertiary/aromatic N) is 2. The maximum Gasteiger partial charge on any atom is 0.169 e. The third-order valence-electron chi connectivity index (χ3n) is 9.80. The third kappa shape index (κ3) is 5.94. The first-order chi connectivity index (χ1) is 22.0. The highest BCUT2D eigenvalue weighted by Crippen LogP contribution is 2.48. The van der Waals surface area contributed by atoms with Crippen molar-refractivity contribution in [3.05, 3.63) is 130 Å². The molecule has 232 valence electrons. The van der Waals surface area contributed by atoms with E-state index in [0.717, 1.165) is 59.6 Å². The lowest BCUT2D eigenvalue weighted by molar-refractivity contribution is -0.0522. The molecule has 0 saturated heterocycles. The Bertz CT molecular complexity index is 1510. The second-order valence-corrected chi connectivity index (χ2v) is 12.2. The van der Waals surface area contributed by atoms with E-state index in [-0.39, 0.29) is 23.4 Å². The maximum absolute atomic E-state index is 13.9. The van der Waals surface area contributed by atoms with E-state index in [9.17, 15) is 9.59 Å². The van der Waals surface area contributed by atoms with Crippen LogP contribution < -0.4 is 9.80 Å². The Morgan fingerprint density at radius 2 is 0.867 bits per heavy atom. The molecule has 45 heavy (non-hydrogen) atoms. The molecule has 4 unspecified atom stereocenters. The number of Topliss-reactive ketones (excluding diaryl/α,β-unsaturated/α-hetero) is 2. The van der Waals surface area contributed by atoms with Gasteiger partial charge in [0.25, 0.3) is 0 Å². The number of anilines is 2. The van der Waals surface area contributed by atoms with Crippen LogP contribution in [0.2, 0.25) is 0 Å². The molecule has 4 aromatic carbocycles. The van der Waals surface area contributed by atoms with Crippen LogP contribution in [0.3, 0.4) is 0 Å². The Morgan fingerprint density at radius 3 is 1.22 bits per heavy atom. The molecule has 4 aromatic rings. The number of carbonyl (C=O) groups excluding carboxylic acids is 2. The van der Waals surface area contributed by atoms with Crippen molar-refractivity contribution in [1.82, 2.24) is 0 Å². The zero-order valence-corrected chi connectivity index (χ0v) is 26.9. The first kappa shape index (κ1) is 30.8. The summed E-state index contributed by atoms with van der Waals surface area (Å²) in [7, 11) is 0. The fraction of sp³-hybridized carbons (Fsp3) is 0.350. The van der Waals surface area contributed by atoms with E-state index in [1.807, 2.05) is 48.5 Å². The lowest BCUT2D eigenvalue weighted by Crippen LogP contribution is -2.25. The number of benzene rings is 4. The number of carbonyl (C=O) groups is 2. The molecule has 0 radical (unpaired) electrons. The topological polar surface area (TPSA) is 49.9 Å². The molecule has 0 aromatic heterocycles. The van der Waals surface area contributed by atoms with Gasteiger partial charge in [-0.1, -0.05) is 72.8 Å². The third-order valence-corrected chi connectivity index (χ3v) is 9.80. The van der Waals surface area contributed by atoms with Gasteiger partial charge < -0.3 is 14.5 Å². The fourth-order valence-electron chi connectivity index (χ4n) is 7.31. The molecular formula is C40H44N2O3. The van der Waals surface area contributed by atoms with Crippen molar-refractivity contribution in [2.45, 2.75) is 52.7 Å². The van der Waals surface area contributed by atoms with Gasteiger partial charge in [0.15, 0.2) is 11.6 Å². The van der Waals surface area contributed by atoms with Gasteiger partial charge in [-0.3, -0.25) is 9.59 Å². The molecule has 6 rings (SSSR count). The number of rotatable bonds is 12. The Morgan fingerprint density at radius 1 is 0.511 bits per heavy atom. The zero-order valence-electron chi connectivity index (χ0n) is 26.9. The number of hydrogen-bond acceptors (Lipinski definition) is 5. The van der Waals surface area contributed by atoms with Crippen molar-refractivity contribution < 1.29 is 14.3 Å². The van der Waals surface area contributed by atoms with Gasteiger partial charge in [-0.2, -0.15) is 0 Å². The molecule has 5 nitrogen and oxygen atoms in total. The first-order valence-corrected chi connectivity index (χ1v) is 16.6. The van der Waals surface area contributed by atoms with Gasteiger partial charge >= 0.3 is 0 Å². The lowest BCUT2D eigenvalue weighted by Gasteiger charge is -2.28. The van der Waals surface area contributed by atoms with Gasteiger partial charge in [-0.25, -0.2) is 0 Å². The number of hydrogen-bond donors (Lipinski definition) is 0. The van der Waals surface area contributed by atoms with Crippen molar-refractivity contribution in [3.8, 4) is 0 Å². The van der Waals surface area contributed by atoms with E-state index in [0.29, 0.717) is 12.8 Å². The highest BCUT2D eigenvalue weighted by molar-refractivity contribution is 6.04. The Hall–Kier alpha value is -4.22. The largest absolute Gasteiger partial charge is 0.372 e. The van der Waals surface area contributed by atoms with Crippen LogP contribution in [-0.2, 0) is 17.6 Å². The van der Waals surface area contributed by atoms with Gasteiger partial charge in [0, 0.05) is 48.7 Å². The first-order valence-electron chi connectivity index (χ1n) is 16.6. The number of ketones is 2. The minimum absolute atomic E-state index is 0.115. The van der Waals surface area contributed by atoms with E-state index in [1.54, 1.807) is 0 Å². The molecule has 0 heterocycles. The summed E-state index contributed by atoms with van der Waals surface area (Å²) in [5, 5.41) is 0. The van der Waals surface area contributed by atoms with Crippen LogP contribution in [0.4, 0.5) is 11.4 Å². The summed E-state index contributed by atoms with van der Waals surface area (Å²) in [5.74, 6) is -0.494. The second kappa shape index (κ2) is 13.4. The molecule has 0 spiro atoms. The average molecular weight is 601 g/mol. The van der Waals surface area contributed by atoms with Gasteiger partial charge in [-0.15, -0.1) is 0 Å². The van der Waals surface area contributed by atoms with Crippen molar-refractivity contribution in [1.29, 1.82) is 0 Å². The summed E-state index contributed by atoms with van der Waals surface area (Å²) in [6.45, 7) is 12.4. The van der Waals surface area contributed by atoms with Gasteiger partial charge in [-0.05, 0) is 87.1 Å². The number of fused-ring (bicyclic) bond motifs is 2. The van der Waals surface area contributed by atoms with Crippen LogP contribution in [0, 0.1) is 11.8 Å². The molecule has 0 aliphatic heterocycles. The normalized spacial score (nSPS) is 20.3. The molecule has 0 amide bonds. The van der Waals surface area contributed by atoms with Crippen molar-refractivity contribution >= 4 is 22.9 Å². The van der Waals surface area contributed by atoms with Crippen LogP contribution in [0.1, 0.15) is 82.9 Å². The number of ether oxygens (including phenoxy) is 1. The van der Waals surface area contributed by atoms with Crippen molar-refractivity contribution in [2.75, 3.05) is 36.0 Å². The van der Waals surface area contributed by atoms with Crippen molar-refractivity contribution in [3.63, 3.8) is 0 Å². The second-order valence-electron chi connectivity index (χ2n) is 12.2. The molecular weight excluding hydrogens is 556 g/mol. The van der Waals surface area contributed by atoms with Crippen LogP contribution >= 0.6 is 0 Å². The Labute approximate surface area is 267 Å². The summed E-state index contributed by atoms with van der Waals surface area (Å²) in [4.78, 5) is 32.5. The SMILES string of the molecule is CCN(CC)c1ccc(CC2C(=O)c3ccccc3C2OC2c3ccccc3C(=O)C2Cc2ccc(N(CC)CC)cc2)cc1. The predicted octanol–water partition coefficient (Wildman–Crippen LogP) is 8.29. The molecule has 0 N–H and O–H groups in total. The predicted molar refractivity (Wildman–Crippen MR) is 183 cm³/mol. The fourth-order valence-corrected chi connectivity index (χ4v) is 7.31. The van der Waals surface area contributed by atoms with Gasteiger partial charge in [0.1, 0.15) is 0 Å². The molecule has 4 atom stereocenters. The van der Waals surface area contributed by atoms with E-state index < -0.39 is 12.2 Å². The summed E-state index contributed by atoms with van der Waals surface area (Å²) in [5.41, 5.74) is 7.90. The summed E-state index contributed by atoms with van der Waals surface area (Å²) < 4.78 is 7.07. The maximum atomic E-state index is 13.9. The molecule has 0 saturated carbocycles.